The Bertz CT molecular complexity index is 141. The molecule has 0 saturated carbocycles. The normalized spacial score (nSPS) is 16.2. The zero-order chi connectivity index (χ0) is 5.98. The van der Waals surface area contributed by atoms with Gasteiger partial charge in [-0.25, -0.2) is 5.32 Å². The summed E-state index contributed by atoms with van der Waals surface area (Å²) in [5.74, 6) is -0.204. The standard InChI is InChI=1S/C3H3N2O3/c6-5(7)3-1-8-2-4-3/h4H,2H2. The van der Waals surface area contributed by atoms with Crippen molar-refractivity contribution in [2.75, 3.05) is 6.73 Å². The van der Waals surface area contributed by atoms with Gasteiger partial charge < -0.3 is 14.9 Å². The van der Waals surface area contributed by atoms with Crippen LogP contribution in [0.1, 0.15) is 0 Å². The van der Waals surface area contributed by atoms with Crippen LogP contribution in [-0.4, -0.2) is 11.7 Å². The average molecular weight is 115 g/mol. The first-order valence-corrected chi connectivity index (χ1v) is 1.94. The Balaban J connectivity index is 2.57. The molecular weight excluding hydrogens is 112 g/mol. The van der Waals surface area contributed by atoms with Gasteiger partial charge in [0, 0.05) is 0 Å². The average Bonchev–Trinajstić information content (AvgIpc) is 2.12. The number of hydrogen-bond donors (Lipinski definition) is 1. The Morgan fingerprint density at radius 1 is 2.00 bits per heavy atom. The van der Waals surface area contributed by atoms with E-state index in [1.165, 1.54) is 0 Å². The molecule has 0 aliphatic carbocycles. The molecule has 8 heavy (non-hydrogen) atoms. The fraction of sp³-hybridized carbons (Fsp3) is 0.333. The van der Waals surface area contributed by atoms with Crippen LogP contribution in [0.2, 0.25) is 0 Å². The topological polar surface area (TPSA) is 64.4 Å². The van der Waals surface area contributed by atoms with Gasteiger partial charge in [-0.2, -0.15) is 0 Å². The number of nitro groups is 1. The molecule has 1 rings (SSSR count). The van der Waals surface area contributed by atoms with E-state index in [1.54, 1.807) is 0 Å². The molecule has 5 nitrogen and oxygen atoms in total. The molecule has 0 saturated heterocycles. The molecule has 0 spiro atoms. The first-order chi connectivity index (χ1) is 3.80. The van der Waals surface area contributed by atoms with E-state index in [4.69, 9.17) is 0 Å². The number of hydrogen-bond acceptors (Lipinski definition) is 4. The van der Waals surface area contributed by atoms with Crippen LogP contribution >= 0.6 is 0 Å². The summed E-state index contributed by atoms with van der Waals surface area (Å²) in [5, 5.41) is 12.1. The van der Waals surface area contributed by atoms with Gasteiger partial charge in [0.1, 0.15) is 0 Å². The van der Waals surface area contributed by atoms with Gasteiger partial charge >= 0.3 is 5.82 Å². The fourth-order valence-electron chi connectivity index (χ4n) is 0.347. The minimum Gasteiger partial charge on any atom is -0.443 e. The second-order valence-electron chi connectivity index (χ2n) is 1.17. The lowest BCUT2D eigenvalue weighted by molar-refractivity contribution is -0.431. The summed E-state index contributed by atoms with van der Waals surface area (Å²) in [7, 11) is 0. The monoisotopic (exact) mass is 115 g/mol. The fourth-order valence-corrected chi connectivity index (χ4v) is 0.347. The summed E-state index contributed by atoms with van der Waals surface area (Å²) in [6.45, 7) is 0.149. The van der Waals surface area contributed by atoms with Gasteiger partial charge in [-0.1, -0.05) is 0 Å². The van der Waals surface area contributed by atoms with Crippen LogP contribution in [0, 0.1) is 16.4 Å². The number of nitrogens with zero attached hydrogens (tertiary/aromatic N) is 1. The quantitative estimate of drug-likeness (QED) is 0.367. The molecule has 0 bridgehead atoms. The highest BCUT2D eigenvalue weighted by molar-refractivity contribution is 4.79. The van der Waals surface area contributed by atoms with Crippen molar-refractivity contribution in [2.24, 2.45) is 0 Å². The molecule has 1 radical (unpaired) electrons. The van der Waals surface area contributed by atoms with Crippen molar-refractivity contribution in [3.8, 4) is 0 Å². The van der Waals surface area contributed by atoms with E-state index in [9.17, 15) is 10.1 Å². The van der Waals surface area contributed by atoms with E-state index in [0.717, 1.165) is 0 Å². The highest BCUT2D eigenvalue weighted by Gasteiger charge is 2.14. The Kier molecular flexibility index (Phi) is 1.03. The smallest absolute Gasteiger partial charge is 0.365 e. The van der Waals surface area contributed by atoms with Crippen molar-refractivity contribution in [2.45, 2.75) is 0 Å². The second-order valence-corrected chi connectivity index (χ2v) is 1.17. The summed E-state index contributed by atoms with van der Waals surface area (Å²) in [5.41, 5.74) is 0. The van der Waals surface area contributed by atoms with Crippen LogP contribution in [0.5, 0.6) is 0 Å². The van der Waals surface area contributed by atoms with Crippen molar-refractivity contribution < 1.29 is 9.66 Å². The third-order valence-corrected chi connectivity index (χ3v) is 0.663. The molecule has 1 aliphatic rings. The van der Waals surface area contributed by atoms with Gasteiger partial charge in [-0.3, -0.25) is 0 Å². The molecule has 1 heterocycles. The second kappa shape index (κ2) is 1.69. The van der Waals surface area contributed by atoms with Gasteiger partial charge in [-0.15, -0.1) is 0 Å². The van der Waals surface area contributed by atoms with Crippen LogP contribution in [0.4, 0.5) is 0 Å². The maximum absolute atomic E-state index is 9.77. The molecule has 0 atom stereocenters. The predicted octanol–water partition coefficient (Wildman–Crippen LogP) is -0.558. The molecule has 1 aliphatic heterocycles. The Morgan fingerprint density at radius 2 is 2.75 bits per heavy atom. The van der Waals surface area contributed by atoms with Crippen molar-refractivity contribution in [1.82, 2.24) is 5.32 Å². The maximum atomic E-state index is 9.77. The van der Waals surface area contributed by atoms with Gasteiger partial charge in [0.05, 0.1) is 0 Å². The number of ether oxygens (including phenoxy) is 1. The molecule has 0 aromatic carbocycles. The Hall–Kier alpha value is -1.26. The molecular formula is C3H3N2O3. The maximum Gasteiger partial charge on any atom is 0.365 e. The summed E-state index contributed by atoms with van der Waals surface area (Å²) in [6, 6.07) is 0. The predicted molar refractivity (Wildman–Crippen MR) is 22.8 cm³/mol. The van der Waals surface area contributed by atoms with E-state index in [-0.39, 0.29) is 12.6 Å². The third-order valence-electron chi connectivity index (χ3n) is 0.663. The molecule has 0 aromatic rings. The summed E-state index contributed by atoms with van der Waals surface area (Å²) < 4.78 is 4.38. The zero-order valence-electron chi connectivity index (χ0n) is 3.88. The van der Waals surface area contributed by atoms with Crippen molar-refractivity contribution in [3.63, 3.8) is 0 Å². The van der Waals surface area contributed by atoms with Gasteiger partial charge in [0.25, 0.3) is 6.26 Å². The van der Waals surface area contributed by atoms with Crippen molar-refractivity contribution in [3.05, 3.63) is 22.2 Å². The Morgan fingerprint density at radius 3 is 3.00 bits per heavy atom. The molecule has 0 amide bonds. The van der Waals surface area contributed by atoms with Crippen molar-refractivity contribution in [1.29, 1.82) is 0 Å². The SMILES string of the molecule is O=[N+]([O-])C1=[C]OCN1. The third kappa shape index (κ3) is 0.699. The van der Waals surface area contributed by atoms with E-state index in [2.05, 4.69) is 16.3 Å². The lowest BCUT2D eigenvalue weighted by atomic mass is 10.8. The summed E-state index contributed by atoms with van der Waals surface area (Å²) >= 11 is 0. The molecule has 43 valence electrons. The number of rotatable bonds is 1. The molecule has 0 aromatic heterocycles. The van der Waals surface area contributed by atoms with E-state index < -0.39 is 4.92 Å². The minimum absolute atomic E-state index is 0.149. The minimum atomic E-state index is -0.590. The van der Waals surface area contributed by atoms with Crippen LogP contribution in [0.3, 0.4) is 0 Å². The highest BCUT2D eigenvalue weighted by Crippen LogP contribution is 1.94. The van der Waals surface area contributed by atoms with Crippen LogP contribution in [0.25, 0.3) is 0 Å². The van der Waals surface area contributed by atoms with Crippen molar-refractivity contribution >= 4 is 0 Å². The molecule has 0 fully saturated rings. The number of nitrogens with one attached hydrogen (secondary N) is 1. The molecule has 1 N–H and O–H groups in total. The van der Waals surface area contributed by atoms with E-state index >= 15 is 0 Å². The van der Waals surface area contributed by atoms with Gasteiger partial charge in [0.15, 0.2) is 0 Å². The van der Waals surface area contributed by atoms with Gasteiger partial charge in [0.2, 0.25) is 6.73 Å². The first kappa shape index (κ1) is 4.89. The summed E-state index contributed by atoms with van der Waals surface area (Å²) in [6.07, 6.45) is 2.06. The lowest BCUT2D eigenvalue weighted by Crippen LogP contribution is -2.14. The van der Waals surface area contributed by atoms with Gasteiger partial charge in [-0.05, 0) is 4.92 Å². The summed E-state index contributed by atoms with van der Waals surface area (Å²) in [4.78, 5) is 9.17. The lowest BCUT2D eigenvalue weighted by Gasteiger charge is -1.88. The molecule has 0 unspecified atom stereocenters. The van der Waals surface area contributed by atoms with Crippen LogP contribution in [-0.2, 0) is 4.74 Å². The van der Waals surface area contributed by atoms with E-state index in [1.807, 2.05) is 0 Å². The van der Waals surface area contributed by atoms with Crippen LogP contribution in [0.15, 0.2) is 5.82 Å². The zero-order valence-corrected chi connectivity index (χ0v) is 3.88. The van der Waals surface area contributed by atoms with Crippen LogP contribution < -0.4 is 5.32 Å². The first-order valence-electron chi connectivity index (χ1n) is 1.94. The Labute approximate surface area is 45.1 Å². The largest absolute Gasteiger partial charge is 0.443 e. The highest BCUT2D eigenvalue weighted by atomic mass is 16.6. The van der Waals surface area contributed by atoms with E-state index in [0.29, 0.717) is 0 Å². The molecule has 5 heteroatoms.